The van der Waals surface area contributed by atoms with E-state index in [-0.39, 0.29) is 16.6 Å². The number of hydrogen-bond acceptors (Lipinski definition) is 8. The zero-order valence-electron chi connectivity index (χ0n) is 15.3. The van der Waals surface area contributed by atoms with Crippen LogP contribution in [0.5, 0.6) is 5.75 Å². The van der Waals surface area contributed by atoms with Crippen LogP contribution in [0.3, 0.4) is 0 Å². The van der Waals surface area contributed by atoms with E-state index < -0.39 is 10.0 Å². The number of ether oxygens (including phenoxy) is 1. The van der Waals surface area contributed by atoms with Crippen molar-refractivity contribution in [2.75, 3.05) is 12.9 Å². The van der Waals surface area contributed by atoms with Crippen LogP contribution in [0.25, 0.3) is 17.1 Å². The van der Waals surface area contributed by atoms with E-state index in [1.807, 2.05) is 12.1 Å². The molecular weight excluding hydrogens is 416 g/mol. The maximum Gasteiger partial charge on any atom is 0.244 e. The Morgan fingerprint density at radius 1 is 1.14 bits per heavy atom. The van der Waals surface area contributed by atoms with Crippen molar-refractivity contribution in [2.24, 2.45) is 11.0 Å². The van der Waals surface area contributed by atoms with Gasteiger partial charge in [0.15, 0.2) is 11.0 Å². The Kier molecular flexibility index (Phi) is 6.17. The molecule has 0 spiro atoms. The Morgan fingerprint density at radius 3 is 2.34 bits per heavy atom. The molecular formula is C17H18N6O4S2. The van der Waals surface area contributed by atoms with Crippen molar-refractivity contribution in [1.82, 2.24) is 20.2 Å². The number of methoxy groups -OCH3 is 1. The van der Waals surface area contributed by atoms with E-state index in [1.165, 1.54) is 12.1 Å². The van der Waals surface area contributed by atoms with Crippen molar-refractivity contribution in [3.8, 4) is 22.8 Å². The maximum absolute atomic E-state index is 11.5. The average Bonchev–Trinajstić information content (AvgIpc) is 3.15. The summed E-state index contributed by atoms with van der Waals surface area (Å²) in [6.45, 7) is 0. The van der Waals surface area contributed by atoms with Gasteiger partial charge in [-0.3, -0.25) is 14.8 Å². The van der Waals surface area contributed by atoms with Gasteiger partial charge in [0.25, 0.3) is 0 Å². The van der Waals surface area contributed by atoms with Crippen molar-refractivity contribution in [1.29, 1.82) is 0 Å². The van der Waals surface area contributed by atoms with Gasteiger partial charge in [-0.15, -0.1) is 10.2 Å². The molecule has 0 fully saturated rings. The predicted molar refractivity (Wildman–Crippen MR) is 108 cm³/mol. The fourth-order valence-electron chi connectivity index (χ4n) is 2.48. The van der Waals surface area contributed by atoms with Crippen molar-refractivity contribution in [2.45, 2.75) is 10.1 Å². The summed E-state index contributed by atoms with van der Waals surface area (Å²) in [6.07, 6.45) is 0. The molecule has 0 atom stereocenters. The summed E-state index contributed by atoms with van der Waals surface area (Å²) in [5.74, 6) is 5.98. The molecule has 5 N–H and O–H groups in total. The van der Waals surface area contributed by atoms with E-state index in [1.54, 1.807) is 35.9 Å². The minimum absolute atomic E-state index is 0.0166. The third kappa shape index (κ3) is 4.74. The number of nitrogens with zero attached hydrogens (tertiary/aromatic N) is 3. The molecule has 1 amide bonds. The largest absolute Gasteiger partial charge is 0.497 e. The van der Waals surface area contributed by atoms with E-state index >= 15 is 0 Å². The molecule has 0 saturated carbocycles. The molecule has 0 aliphatic rings. The Hall–Kier alpha value is -2.93. The number of aromatic nitrogens is 3. The summed E-state index contributed by atoms with van der Waals surface area (Å²) < 4.78 is 29.9. The van der Waals surface area contributed by atoms with Gasteiger partial charge in [0.1, 0.15) is 5.75 Å². The number of amides is 1. The molecule has 12 heteroatoms. The van der Waals surface area contributed by atoms with Crippen LogP contribution in [0.2, 0.25) is 0 Å². The second kappa shape index (κ2) is 8.61. The quantitative estimate of drug-likeness (QED) is 0.212. The first-order chi connectivity index (χ1) is 13.8. The molecule has 29 heavy (non-hydrogen) atoms. The van der Waals surface area contributed by atoms with Crippen LogP contribution < -0.4 is 21.1 Å². The summed E-state index contributed by atoms with van der Waals surface area (Å²) in [5, 5.41) is 14.0. The number of sulfonamides is 1. The van der Waals surface area contributed by atoms with Crippen LogP contribution in [0.4, 0.5) is 0 Å². The highest BCUT2D eigenvalue weighted by Crippen LogP contribution is 2.29. The smallest absolute Gasteiger partial charge is 0.244 e. The summed E-state index contributed by atoms with van der Waals surface area (Å²) in [7, 11) is -2.25. The molecule has 3 rings (SSSR count). The Labute approximate surface area is 171 Å². The zero-order valence-corrected chi connectivity index (χ0v) is 16.9. The van der Waals surface area contributed by atoms with E-state index in [0.29, 0.717) is 22.4 Å². The number of hydrazine groups is 1. The fraction of sp³-hybridized carbons (Fsp3) is 0.118. The molecule has 1 heterocycles. The molecule has 0 aliphatic carbocycles. The van der Waals surface area contributed by atoms with Gasteiger partial charge in [-0.1, -0.05) is 11.8 Å². The number of nitrogens with two attached hydrogens (primary N) is 2. The molecule has 2 aromatic carbocycles. The highest BCUT2D eigenvalue weighted by molar-refractivity contribution is 7.99. The monoisotopic (exact) mass is 434 g/mol. The van der Waals surface area contributed by atoms with Crippen LogP contribution in [-0.4, -0.2) is 42.0 Å². The highest BCUT2D eigenvalue weighted by atomic mass is 32.2. The van der Waals surface area contributed by atoms with Gasteiger partial charge in [0.2, 0.25) is 15.9 Å². The molecule has 0 unspecified atom stereocenters. The summed E-state index contributed by atoms with van der Waals surface area (Å²) >= 11 is 1.14. The Morgan fingerprint density at radius 2 is 1.79 bits per heavy atom. The van der Waals surface area contributed by atoms with Gasteiger partial charge < -0.3 is 4.74 Å². The van der Waals surface area contributed by atoms with Gasteiger partial charge in [-0.25, -0.2) is 19.4 Å². The molecule has 0 saturated heterocycles. The van der Waals surface area contributed by atoms with Gasteiger partial charge in [-0.05, 0) is 48.5 Å². The first-order valence-corrected chi connectivity index (χ1v) is 10.7. The Balaban J connectivity index is 2.07. The van der Waals surface area contributed by atoms with Gasteiger partial charge >= 0.3 is 0 Å². The summed E-state index contributed by atoms with van der Waals surface area (Å²) in [4.78, 5) is 11.5. The number of thioether (sulfide) groups is 1. The van der Waals surface area contributed by atoms with Gasteiger partial charge in [0, 0.05) is 11.3 Å². The number of primary sulfonamides is 1. The number of hydrogen-bond donors (Lipinski definition) is 3. The summed E-state index contributed by atoms with van der Waals surface area (Å²) in [6, 6.07) is 13.2. The zero-order chi connectivity index (χ0) is 21.0. The number of carbonyl (C=O) groups is 1. The molecule has 0 radical (unpaired) electrons. The fourth-order valence-corrected chi connectivity index (χ4v) is 3.76. The molecule has 1 aromatic heterocycles. The second-order valence-electron chi connectivity index (χ2n) is 5.77. The van der Waals surface area contributed by atoms with E-state index in [9.17, 15) is 13.2 Å². The molecule has 10 nitrogen and oxygen atoms in total. The summed E-state index contributed by atoms with van der Waals surface area (Å²) in [5.41, 5.74) is 3.41. The van der Waals surface area contributed by atoms with Crippen molar-refractivity contribution in [3.05, 3.63) is 48.5 Å². The number of carbonyl (C=O) groups excluding carboxylic acids is 1. The lowest BCUT2D eigenvalue weighted by molar-refractivity contribution is -0.118. The maximum atomic E-state index is 11.5. The second-order valence-corrected chi connectivity index (χ2v) is 8.27. The normalized spacial score (nSPS) is 11.3. The van der Waals surface area contributed by atoms with Crippen LogP contribution in [0.1, 0.15) is 0 Å². The molecule has 0 aliphatic heterocycles. The minimum Gasteiger partial charge on any atom is -0.497 e. The van der Waals surface area contributed by atoms with Crippen LogP contribution in [0.15, 0.2) is 58.6 Å². The average molecular weight is 435 g/mol. The van der Waals surface area contributed by atoms with Crippen LogP contribution in [0, 0.1) is 0 Å². The van der Waals surface area contributed by atoms with Crippen molar-refractivity contribution in [3.63, 3.8) is 0 Å². The lowest BCUT2D eigenvalue weighted by Gasteiger charge is -2.11. The van der Waals surface area contributed by atoms with Crippen LogP contribution in [-0.2, 0) is 14.8 Å². The molecule has 3 aromatic rings. The topological polar surface area (TPSA) is 155 Å². The Bertz CT molecular complexity index is 1110. The first kappa shape index (κ1) is 20.8. The highest BCUT2D eigenvalue weighted by Gasteiger charge is 2.18. The number of nitrogens with one attached hydrogen (secondary N) is 1. The van der Waals surface area contributed by atoms with Crippen molar-refractivity contribution < 1.29 is 17.9 Å². The lowest BCUT2D eigenvalue weighted by atomic mass is 10.2. The van der Waals surface area contributed by atoms with Crippen LogP contribution >= 0.6 is 11.8 Å². The van der Waals surface area contributed by atoms with Gasteiger partial charge in [-0.2, -0.15) is 0 Å². The lowest BCUT2D eigenvalue weighted by Crippen LogP contribution is -2.31. The standard InChI is InChI=1S/C17H18N6O4S2/c1-27-13-6-2-11(3-7-13)16-21-22-17(28-10-15(24)20-18)23(16)12-4-8-14(9-5-12)29(19,25)26/h2-9H,10,18H2,1H3,(H,20,24)(H2,19,25,26). The van der Waals surface area contributed by atoms with Crippen molar-refractivity contribution >= 4 is 27.7 Å². The van der Waals surface area contributed by atoms with E-state index in [2.05, 4.69) is 15.6 Å². The number of rotatable bonds is 7. The third-order valence-corrected chi connectivity index (χ3v) is 5.76. The van der Waals surface area contributed by atoms with Gasteiger partial charge in [0.05, 0.1) is 17.8 Å². The molecule has 152 valence electrons. The minimum atomic E-state index is -3.82. The van der Waals surface area contributed by atoms with E-state index in [0.717, 1.165) is 17.3 Å². The predicted octanol–water partition coefficient (Wildman–Crippen LogP) is 0.672. The van der Waals surface area contributed by atoms with E-state index in [4.69, 9.17) is 15.7 Å². The molecule has 0 bridgehead atoms. The first-order valence-electron chi connectivity index (χ1n) is 8.19. The third-order valence-electron chi connectivity index (χ3n) is 3.90. The SMILES string of the molecule is COc1ccc(-c2nnc(SCC(=O)NN)n2-c2ccc(S(N)(=O)=O)cc2)cc1. The number of benzene rings is 2.